The summed E-state index contributed by atoms with van der Waals surface area (Å²) in [6, 6.07) is 30.3. The Morgan fingerprint density at radius 1 is 0.719 bits per heavy atom. The van der Waals surface area contributed by atoms with Crippen LogP contribution in [0.2, 0.25) is 0 Å². The van der Waals surface area contributed by atoms with E-state index in [9.17, 15) is 0 Å². The highest BCUT2D eigenvalue weighted by molar-refractivity contribution is 6.62. The minimum atomic E-state index is -0.517. The molecule has 2 heterocycles. The van der Waals surface area contributed by atoms with Crippen molar-refractivity contribution in [3.05, 3.63) is 103 Å². The molecule has 1 fully saturated rings. The van der Waals surface area contributed by atoms with Crippen LogP contribution in [0.1, 0.15) is 13.8 Å². The highest BCUT2D eigenvalue weighted by atomic mass is 16.7. The summed E-state index contributed by atoms with van der Waals surface area (Å²) in [4.78, 5) is 9.76. The molecule has 4 aromatic rings. The molecule has 0 bridgehead atoms. The molecule has 0 saturated carbocycles. The molecule has 4 nitrogen and oxygen atoms in total. The second-order valence-electron chi connectivity index (χ2n) is 8.32. The molecule has 0 radical (unpaired) electrons. The van der Waals surface area contributed by atoms with Crippen LogP contribution in [0.15, 0.2) is 103 Å². The number of hydrogen-bond acceptors (Lipinski definition) is 4. The Labute approximate surface area is 188 Å². The van der Waals surface area contributed by atoms with Crippen molar-refractivity contribution in [1.29, 1.82) is 0 Å². The first kappa shape index (κ1) is 20.2. The second-order valence-corrected chi connectivity index (χ2v) is 8.32. The van der Waals surface area contributed by atoms with E-state index in [4.69, 9.17) is 19.3 Å². The predicted molar refractivity (Wildman–Crippen MR) is 129 cm³/mol. The largest absolute Gasteiger partial charge is 0.563 e. The topological polar surface area (TPSA) is 44.2 Å². The van der Waals surface area contributed by atoms with E-state index in [0.717, 1.165) is 33.5 Å². The van der Waals surface area contributed by atoms with Crippen LogP contribution in [-0.2, 0) is 9.31 Å². The van der Waals surface area contributed by atoms with Gasteiger partial charge >= 0.3 is 7.12 Å². The molecule has 32 heavy (non-hydrogen) atoms. The van der Waals surface area contributed by atoms with Crippen molar-refractivity contribution in [1.82, 2.24) is 9.97 Å². The Morgan fingerprint density at radius 3 is 1.94 bits per heavy atom. The van der Waals surface area contributed by atoms with E-state index in [1.54, 1.807) is 0 Å². The van der Waals surface area contributed by atoms with E-state index in [0.29, 0.717) is 11.6 Å². The van der Waals surface area contributed by atoms with Crippen LogP contribution >= 0.6 is 0 Å². The van der Waals surface area contributed by atoms with Crippen molar-refractivity contribution < 1.29 is 9.31 Å². The standard InChI is InChI=1S/C27H23BN2O2/c1-19-27(2,3)32-28(31-19)23-16-10-15-22(17-23)25-18-24(20-11-6-4-7-12-20)29-26(30-25)21-13-8-5-9-14-21/h4-18H,1H2,2-3H3. The minimum absolute atomic E-state index is 0.485. The molecule has 1 aliphatic heterocycles. The van der Waals surface area contributed by atoms with Gasteiger partial charge in [0.15, 0.2) is 5.82 Å². The third-order valence-electron chi connectivity index (χ3n) is 5.60. The Hall–Kier alpha value is -3.70. The molecular weight excluding hydrogens is 395 g/mol. The third-order valence-corrected chi connectivity index (χ3v) is 5.60. The monoisotopic (exact) mass is 418 g/mol. The first-order chi connectivity index (χ1) is 15.5. The summed E-state index contributed by atoms with van der Waals surface area (Å²) in [6.45, 7) is 7.91. The zero-order chi connectivity index (χ0) is 22.1. The SMILES string of the molecule is C=C1OB(c2cccc(-c3cc(-c4ccccc4)nc(-c4ccccc4)n3)c2)OC1(C)C. The molecule has 0 atom stereocenters. The normalized spacial score (nSPS) is 14.9. The lowest BCUT2D eigenvalue weighted by Gasteiger charge is -2.15. The minimum Gasteiger partial charge on any atom is -0.534 e. The second kappa shape index (κ2) is 8.10. The summed E-state index contributed by atoms with van der Waals surface area (Å²) in [5, 5.41) is 0. The molecule has 0 N–H and O–H groups in total. The maximum absolute atomic E-state index is 6.07. The van der Waals surface area contributed by atoms with Gasteiger partial charge in [-0.15, -0.1) is 0 Å². The van der Waals surface area contributed by atoms with Crippen LogP contribution in [0.3, 0.4) is 0 Å². The average molecular weight is 418 g/mol. The molecule has 0 aliphatic carbocycles. The fourth-order valence-electron chi connectivity index (χ4n) is 3.68. The molecule has 0 spiro atoms. The molecule has 5 heteroatoms. The van der Waals surface area contributed by atoms with Crippen LogP contribution in [0.25, 0.3) is 33.9 Å². The van der Waals surface area contributed by atoms with Gasteiger partial charge in [0.1, 0.15) is 5.60 Å². The van der Waals surface area contributed by atoms with Crippen LogP contribution in [-0.4, -0.2) is 22.7 Å². The van der Waals surface area contributed by atoms with Gasteiger partial charge in [0, 0.05) is 11.1 Å². The Kier molecular flexibility index (Phi) is 5.12. The quantitative estimate of drug-likeness (QED) is 0.410. The van der Waals surface area contributed by atoms with Crippen molar-refractivity contribution >= 4 is 12.6 Å². The molecule has 1 aromatic heterocycles. The van der Waals surface area contributed by atoms with Gasteiger partial charge in [0.25, 0.3) is 0 Å². The molecule has 3 aromatic carbocycles. The first-order valence-electron chi connectivity index (χ1n) is 10.6. The highest BCUT2D eigenvalue weighted by Crippen LogP contribution is 2.30. The number of benzene rings is 3. The van der Waals surface area contributed by atoms with Crippen LogP contribution < -0.4 is 5.46 Å². The molecule has 0 amide bonds. The number of rotatable bonds is 4. The van der Waals surface area contributed by atoms with Gasteiger partial charge in [-0.1, -0.05) is 91.5 Å². The summed E-state index contributed by atoms with van der Waals surface area (Å²) >= 11 is 0. The summed E-state index contributed by atoms with van der Waals surface area (Å²) in [5.74, 6) is 1.32. The number of nitrogens with zero attached hydrogens (tertiary/aromatic N) is 2. The maximum atomic E-state index is 6.07. The summed E-state index contributed by atoms with van der Waals surface area (Å²) in [7, 11) is -0.485. The average Bonchev–Trinajstić information content (AvgIpc) is 3.12. The smallest absolute Gasteiger partial charge is 0.534 e. The number of aromatic nitrogens is 2. The van der Waals surface area contributed by atoms with E-state index in [1.165, 1.54) is 0 Å². The predicted octanol–water partition coefficient (Wildman–Crippen LogP) is 5.51. The van der Waals surface area contributed by atoms with Gasteiger partial charge in [0.05, 0.1) is 17.1 Å². The fraction of sp³-hybridized carbons (Fsp3) is 0.111. The lowest BCUT2D eigenvalue weighted by molar-refractivity contribution is 0.173. The van der Waals surface area contributed by atoms with Gasteiger partial charge in [-0.2, -0.15) is 0 Å². The molecular formula is C27H23BN2O2. The lowest BCUT2D eigenvalue weighted by atomic mass is 9.78. The zero-order valence-electron chi connectivity index (χ0n) is 18.2. The first-order valence-corrected chi connectivity index (χ1v) is 10.6. The van der Waals surface area contributed by atoms with E-state index in [-0.39, 0.29) is 0 Å². The molecule has 156 valence electrons. The highest BCUT2D eigenvalue weighted by Gasteiger charge is 2.42. The maximum Gasteiger partial charge on any atom is 0.563 e. The summed E-state index contributed by atoms with van der Waals surface area (Å²) in [6.07, 6.45) is 0. The Bertz CT molecular complexity index is 1220. The van der Waals surface area contributed by atoms with Gasteiger partial charge in [0.2, 0.25) is 0 Å². The lowest BCUT2D eigenvalue weighted by Crippen LogP contribution is -2.34. The van der Waals surface area contributed by atoms with Crippen LogP contribution in [0, 0.1) is 0 Å². The van der Waals surface area contributed by atoms with Crippen molar-refractivity contribution in [3.8, 4) is 33.9 Å². The Balaban J connectivity index is 1.60. The van der Waals surface area contributed by atoms with E-state index in [2.05, 4.69) is 24.8 Å². The van der Waals surface area contributed by atoms with Crippen LogP contribution in [0.5, 0.6) is 0 Å². The van der Waals surface area contributed by atoms with E-state index in [1.807, 2.05) is 86.6 Å². The van der Waals surface area contributed by atoms with Crippen LogP contribution in [0.4, 0.5) is 0 Å². The van der Waals surface area contributed by atoms with Crippen molar-refractivity contribution in [3.63, 3.8) is 0 Å². The van der Waals surface area contributed by atoms with Gasteiger partial charge < -0.3 is 9.31 Å². The zero-order valence-corrected chi connectivity index (χ0v) is 18.2. The summed E-state index contributed by atoms with van der Waals surface area (Å²) < 4.78 is 12.0. The Morgan fingerprint density at radius 2 is 1.31 bits per heavy atom. The van der Waals surface area contributed by atoms with Gasteiger partial charge in [-0.3, -0.25) is 0 Å². The van der Waals surface area contributed by atoms with Crippen molar-refractivity contribution in [2.45, 2.75) is 19.4 Å². The third kappa shape index (κ3) is 3.95. The molecule has 1 aliphatic rings. The van der Waals surface area contributed by atoms with Crippen molar-refractivity contribution in [2.75, 3.05) is 0 Å². The van der Waals surface area contributed by atoms with Crippen molar-refractivity contribution in [2.24, 2.45) is 0 Å². The van der Waals surface area contributed by atoms with Gasteiger partial charge in [-0.25, -0.2) is 9.97 Å². The van der Waals surface area contributed by atoms with Gasteiger partial charge in [-0.05, 0) is 30.9 Å². The summed E-state index contributed by atoms with van der Waals surface area (Å²) in [5.41, 5.74) is 5.13. The molecule has 5 rings (SSSR count). The van der Waals surface area contributed by atoms with E-state index >= 15 is 0 Å². The molecule has 0 unspecified atom stereocenters. The molecule has 1 saturated heterocycles. The van der Waals surface area contributed by atoms with E-state index < -0.39 is 12.7 Å². The fourth-order valence-corrected chi connectivity index (χ4v) is 3.68. The number of hydrogen-bond donors (Lipinski definition) is 0.